The Morgan fingerprint density at radius 3 is 2.69 bits per heavy atom. The molecule has 4 fully saturated rings. The molecule has 6 heteroatoms. The molecular formula is C29H44O6. The van der Waals surface area contributed by atoms with Gasteiger partial charge in [0.05, 0.1) is 18.3 Å². The highest BCUT2D eigenvalue weighted by atomic mass is 16.6. The van der Waals surface area contributed by atoms with Crippen molar-refractivity contribution < 1.29 is 29.3 Å². The maximum Gasteiger partial charge on any atom is 0.337 e. The number of fused-ring (bicyclic) bond motifs is 1. The minimum Gasteiger partial charge on any atom is -0.458 e. The van der Waals surface area contributed by atoms with Crippen molar-refractivity contribution >= 4 is 11.9 Å². The van der Waals surface area contributed by atoms with Crippen molar-refractivity contribution in [2.45, 2.75) is 103 Å². The van der Waals surface area contributed by atoms with Crippen molar-refractivity contribution in [1.82, 2.24) is 0 Å². The normalized spacial score (nSPS) is 39.0. The molecular weight excluding hydrogens is 444 g/mol. The maximum atomic E-state index is 12.5. The second-order valence-corrected chi connectivity index (χ2v) is 12.0. The third-order valence-corrected chi connectivity index (χ3v) is 9.96. The van der Waals surface area contributed by atoms with E-state index in [1.807, 2.05) is 13.0 Å². The lowest BCUT2D eigenvalue weighted by molar-refractivity contribution is -0.151. The Morgan fingerprint density at radius 1 is 1.23 bits per heavy atom. The number of rotatable bonds is 8. The molecule has 0 spiro atoms. The van der Waals surface area contributed by atoms with E-state index in [9.17, 15) is 19.8 Å². The topological polar surface area (TPSA) is 93.1 Å². The quantitative estimate of drug-likeness (QED) is 0.288. The predicted molar refractivity (Wildman–Crippen MR) is 133 cm³/mol. The fourth-order valence-corrected chi connectivity index (χ4v) is 7.70. The van der Waals surface area contributed by atoms with E-state index in [0.717, 1.165) is 43.6 Å². The van der Waals surface area contributed by atoms with E-state index in [4.69, 9.17) is 9.47 Å². The van der Waals surface area contributed by atoms with Crippen LogP contribution in [-0.4, -0.2) is 47.6 Å². The summed E-state index contributed by atoms with van der Waals surface area (Å²) in [5.74, 6) is 0.379. The Hall–Kier alpha value is -1.66. The number of carbonyl (C=O) groups is 2. The molecule has 4 rings (SSSR count). The van der Waals surface area contributed by atoms with Crippen LogP contribution in [0.15, 0.2) is 23.8 Å². The summed E-state index contributed by atoms with van der Waals surface area (Å²) in [5.41, 5.74) is 0.928. The highest BCUT2D eigenvalue weighted by molar-refractivity contribution is 5.92. The molecule has 1 heterocycles. The molecule has 0 bridgehead atoms. The summed E-state index contributed by atoms with van der Waals surface area (Å²) in [4.78, 5) is 25.0. The standard InChI is InChI=1S/C29H44O6/c1-19-11-14-24-28(2,16-15-25(31)29(24,3)18-30)22(19)13-12-21-23(17-34-27(21)33)35-26(32)10-6-9-20-7-4-5-8-20/h12,20,22-25,30-31H,1,4-11,13-18H2,2-3H3/b21-12+/t22-,23-,24+,25-,28+,29+/m1/s1. The van der Waals surface area contributed by atoms with Crippen molar-refractivity contribution in [3.63, 3.8) is 0 Å². The number of aliphatic hydroxyl groups is 2. The molecule has 0 unspecified atom stereocenters. The highest BCUT2D eigenvalue weighted by Crippen LogP contribution is 2.61. The molecule has 0 aromatic heterocycles. The Bertz CT molecular complexity index is 842. The summed E-state index contributed by atoms with van der Waals surface area (Å²) < 4.78 is 10.9. The number of allylic oxidation sites excluding steroid dienone is 2. The van der Waals surface area contributed by atoms with E-state index >= 15 is 0 Å². The van der Waals surface area contributed by atoms with E-state index < -0.39 is 23.6 Å². The third-order valence-electron chi connectivity index (χ3n) is 9.96. The van der Waals surface area contributed by atoms with Crippen LogP contribution >= 0.6 is 0 Å². The van der Waals surface area contributed by atoms with Crippen LogP contribution in [-0.2, 0) is 19.1 Å². The SMILES string of the molecule is C=C1CC[C@@H]2[C@](C)(CO)[C@H](O)CC[C@@]2(C)[C@@H]1C/C=C1/C(=O)OC[C@H]1OC(=O)CCCC1CCCC1. The summed E-state index contributed by atoms with van der Waals surface area (Å²) in [6.45, 7) is 8.66. The molecule has 3 saturated carbocycles. The smallest absolute Gasteiger partial charge is 0.337 e. The first-order valence-electron chi connectivity index (χ1n) is 13.7. The Balaban J connectivity index is 1.41. The number of aliphatic hydroxyl groups excluding tert-OH is 2. The van der Waals surface area contributed by atoms with Gasteiger partial charge in [-0.2, -0.15) is 0 Å². The zero-order valence-corrected chi connectivity index (χ0v) is 21.6. The van der Waals surface area contributed by atoms with Gasteiger partial charge in [0.25, 0.3) is 0 Å². The predicted octanol–water partition coefficient (Wildman–Crippen LogP) is 4.87. The van der Waals surface area contributed by atoms with E-state index in [1.165, 1.54) is 25.7 Å². The van der Waals surface area contributed by atoms with Gasteiger partial charge in [-0.05, 0) is 68.1 Å². The minimum absolute atomic E-state index is 0.0419. The summed E-state index contributed by atoms with van der Waals surface area (Å²) in [6, 6.07) is 0. The van der Waals surface area contributed by atoms with Crippen molar-refractivity contribution in [2.24, 2.45) is 28.6 Å². The lowest BCUT2D eigenvalue weighted by Crippen LogP contribution is -2.57. The van der Waals surface area contributed by atoms with Crippen LogP contribution in [0.2, 0.25) is 0 Å². The second-order valence-electron chi connectivity index (χ2n) is 12.0. The summed E-state index contributed by atoms with van der Waals surface area (Å²) >= 11 is 0. The fraction of sp³-hybridized carbons (Fsp3) is 0.793. The Kier molecular flexibility index (Phi) is 8.12. The van der Waals surface area contributed by atoms with Crippen LogP contribution < -0.4 is 0 Å². The van der Waals surface area contributed by atoms with E-state index in [0.29, 0.717) is 24.8 Å². The largest absolute Gasteiger partial charge is 0.458 e. The van der Waals surface area contributed by atoms with Crippen LogP contribution in [0.5, 0.6) is 0 Å². The maximum absolute atomic E-state index is 12.5. The molecule has 1 saturated heterocycles. The lowest BCUT2D eigenvalue weighted by atomic mass is 9.46. The zero-order valence-electron chi connectivity index (χ0n) is 21.6. The van der Waals surface area contributed by atoms with Gasteiger partial charge < -0.3 is 19.7 Å². The Morgan fingerprint density at radius 2 is 1.97 bits per heavy atom. The molecule has 2 N–H and O–H groups in total. The van der Waals surface area contributed by atoms with E-state index in [2.05, 4.69) is 13.5 Å². The van der Waals surface area contributed by atoms with Gasteiger partial charge in [-0.25, -0.2) is 4.79 Å². The average Bonchev–Trinajstić information content (AvgIpc) is 3.46. The van der Waals surface area contributed by atoms with Gasteiger partial charge >= 0.3 is 11.9 Å². The van der Waals surface area contributed by atoms with Gasteiger partial charge in [0.15, 0.2) is 6.10 Å². The van der Waals surface area contributed by atoms with E-state index in [-0.39, 0.29) is 36.4 Å². The van der Waals surface area contributed by atoms with Gasteiger partial charge in [-0.1, -0.05) is 57.8 Å². The molecule has 35 heavy (non-hydrogen) atoms. The number of cyclic esters (lactones) is 1. The van der Waals surface area contributed by atoms with Crippen LogP contribution in [0.4, 0.5) is 0 Å². The lowest BCUT2D eigenvalue weighted by Gasteiger charge is -2.59. The number of hydrogen-bond acceptors (Lipinski definition) is 6. The van der Waals surface area contributed by atoms with Crippen LogP contribution in [0, 0.1) is 28.6 Å². The van der Waals surface area contributed by atoms with E-state index in [1.54, 1.807) is 0 Å². The van der Waals surface area contributed by atoms with Gasteiger partial charge in [-0.3, -0.25) is 4.79 Å². The van der Waals surface area contributed by atoms with Crippen LogP contribution in [0.3, 0.4) is 0 Å². The van der Waals surface area contributed by atoms with Gasteiger partial charge in [0.1, 0.15) is 6.61 Å². The van der Waals surface area contributed by atoms with Crippen molar-refractivity contribution in [3.05, 3.63) is 23.8 Å². The van der Waals surface area contributed by atoms with Gasteiger partial charge in [0.2, 0.25) is 0 Å². The molecule has 1 aliphatic heterocycles. The highest BCUT2D eigenvalue weighted by Gasteiger charge is 2.57. The van der Waals surface area contributed by atoms with Crippen LogP contribution in [0.1, 0.15) is 90.9 Å². The molecule has 196 valence electrons. The summed E-state index contributed by atoms with van der Waals surface area (Å²) in [5, 5.41) is 20.9. The van der Waals surface area contributed by atoms with Crippen molar-refractivity contribution in [3.8, 4) is 0 Å². The minimum atomic E-state index is -0.641. The number of hydrogen-bond donors (Lipinski definition) is 2. The van der Waals surface area contributed by atoms with Gasteiger partial charge in [-0.15, -0.1) is 0 Å². The average molecular weight is 489 g/mol. The molecule has 6 nitrogen and oxygen atoms in total. The van der Waals surface area contributed by atoms with Gasteiger partial charge in [0, 0.05) is 11.8 Å². The van der Waals surface area contributed by atoms with Crippen molar-refractivity contribution in [1.29, 1.82) is 0 Å². The fourth-order valence-electron chi connectivity index (χ4n) is 7.70. The summed E-state index contributed by atoms with van der Waals surface area (Å²) in [6.07, 6.45) is 12.1. The number of esters is 2. The molecule has 0 aromatic carbocycles. The van der Waals surface area contributed by atoms with Crippen molar-refractivity contribution in [2.75, 3.05) is 13.2 Å². The first-order valence-corrected chi connectivity index (χ1v) is 13.7. The first kappa shape index (κ1) is 26.4. The second kappa shape index (κ2) is 10.8. The zero-order chi connectivity index (χ0) is 25.2. The molecule has 4 aliphatic rings. The third kappa shape index (κ3) is 5.24. The monoisotopic (exact) mass is 488 g/mol. The Labute approximate surface area is 210 Å². The molecule has 0 radical (unpaired) electrons. The molecule has 0 amide bonds. The molecule has 0 aromatic rings. The first-order chi connectivity index (χ1) is 16.7. The summed E-state index contributed by atoms with van der Waals surface area (Å²) in [7, 11) is 0. The molecule has 3 aliphatic carbocycles. The molecule has 6 atom stereocenters. The number of carbonyl (C=O) groups excluding carboxylic acids is 2. The number of ether oxygens (including phenoxy) is 2. The van der Waals surface area contributed by atoms with Crippen LogP contribution in [0.25, 0.3) is 0 Å².